The standard InChI is InChI=1S/C20H17NO3/c22-18-9-7-16(20(23)24)15-6-8-17-14(10-11-21(17)19(15)18)12-13-4-2-1-3-5-13/h1-9,12,16-17H,10-11H2,(H,23,24)/b14-12-. The first-order chi connectivity index (χ1) is 11.6. The van der Waals surface area contributed by atoms with E-state index in [1.54, 1.807) is 0 Å². The molecular weight excluding hydrogens is 302 g/mol. The quantitative estimate of drug-likeness (QED) is 0.911. The van der Waals surface area contributed by atoms with E-state index >= 15 is 0 Å². The highest BCUT2D eigenvalue weighted by Crippen LogP contribution is 2.38. The molecule has 1 aromatic rings. The molecule has 2 heterocycles. The molecule has 4 rings (SSSR count). The summed E-state index contributed by atoms with van der Waals surface area (Å²) in [5, 5.41) is 9.39. The smallest absolute Gasteiger partial charge is 0.314 e. The summed E-state index contributed by atoms with van der Waals surface area (Å²) in [7, 11) is 0. The van der Waals surface area contributed by atoms with Crippen molar-refractivity contribution in [3.05, 3.63) is 77.0 Å². The first kappa shape index (κ1) is 14.7. The zero-order chi connectivity index (χ0) is 16.7. The largest absolute Gasteiger partial charge is 0.481 e. The lowest BCUT2D eigenvalue weighted by Gasteiger charge is -2.34. The summed E-state index contributed by atoms with van der Waals surface area (Å²) in [6.07, 6.45) is 9.75. The highest BCUT2D eigenvalue weighted by molar-refractivity contribution is 6.07. The molecule has 1 saturated heterocycles. The van der Waals surface area contributed by atoms with Gasteiger partial charge in [0.2, 0.25) is 5.78 Å². The molecule has 0 amide bonds. The zero-order valence-electron chi connectivity index (χ0n) is 13.1. The molecule has 0 saturated carbocycles. The van der Waals surface area contributed by atoms with Gasteiger partial charge in [-0.25, -0.2) is 0 Å². The van der Waals surface area contributed by atoms with E-state index < -0.39 is 11.9 Å². The van der Waals surface area contributed by atoms with Crippen molar-refractivity contribution in [1.29, 1.82) is 0 Å². The summed E-state index contributed by atoms with van der Waals surface area (Å²) >= 11 is 0. The molecule has 2 aliphatic heterocycles. The Bertz CT molecular complexity index is 830. The number of aliphatic carboxylic acids is 1. The molecule has 3 aliphatic rings. The van der Waals surface area contributed by atoms with E-state index in [9.17, 15) is 14.7 Å². The third-order valence-corrected chi connectivity index (χ3v) is 4.80. The van der Waals surface area contributed by atoms with E-state index in [0.717, 1.165) is 18.5 Å². The molecule has 0 bridgehead atoms. The lowest BCUT2D eigenvalue weighted by atomic mass is 9.86. The fourth-order valence-corrected chi connectivity index (χ4v) is 3.69. The average molecular weight is 319 g/mol. The Hall–Kier alpha value is -2.88. The minimum absolute atomic E-state index is 0.0360. The second-order valence-corrected chi connectivity index (χ2v) is 6.22. The summed E-state index contributed by atoms with van der Waals surface area (Å²) < 4.78 is 0. The normalized spacial score (nSPS) is 26.8. The van der Waals surface area contributed by atoms with Crippen molar-refractivity contribution in [2.45, 2.75) is 12.5 Å². The summed E-state index contributed by atoms with van der Waals surface area (Å²) in [5.74, 6) is -1.76. The number of hydrogen-bond donors (Lipinski definition) is 1. The number of benzene rings is 1. The van der Waals surface area contributed by atoms with Gasteiger partial charge in [0, 0.05) is 6.54 Å². The molecule has 1 aliphatic carbocycles. The molecule has 1 N–H and O–H groups in total. The molecule has 0 spiro atoms. The number of carboxylic acids is 1. The molecule has 120 valence electrons. The summed E-state index contributed by atoms with van der Waals surface area (Å²) in [6.45, 7) is 0.735. The van der Waals surface area contributed by atoms with Gasteiger partial charge in [0.05, 0.1) is 11.7 Å². The van der Waals surface area contributed by atoms with Crippen LogP contribution in [-0.4, -0.2) is 34.3 Å². The maximum Gasteiger partial charge on any atom is 0.314 e. The molecule has 4 heteroatoms. The van der Waals surface area contributed by atoms with Crippen LogP contribution in [0.1, 0.15) is 12.0 Å². The first-order valence-electron chi connectivity index (χ1n) is 8.05. The molecule has 1 aromatic carbocycles. The zero-order valence-corrected chi connectivity index (χ0v) is 13.1. The highest BCUT2D eigenvalue weighted by atomic mass is 16.4. The van der Waals surface area contributed by atoms with Crippen molar-refractivity contribution >= 4 is 17.8 Å². The van der Waals surface area contributed by atoms with Crippen LogP contribution >= 0.6 is 0 Å². The number of nitrogens with zero attached hydrogens (tertiary/aromatic N) is 1. The van der Waals surface area contributed by atoms with Gasteiger partial charge in [0.25, 0.3) is 0 Å². The number of fused-ring (bicyclic) bond motifs is 2. The molecule has 24 heavy (non-hydrogen) atoms. The monoisotopic (exact) mass is 319 g/mol. The van der Waals surface area contributed by atoms with E-state index in [4.69, 9.17) is 0 Å². The third kappa shape index (κ3) is 2.31. The topological polar surface area (TPSA) is 57.6 Å². The Kier molecular flexibility index (Phi) is 3.45. The molecule has 4 nitrogen and oxygen atoms in total. The van der Waals surface area contributed by atoms with Gasteiger partial charge in [-0.15, -0.1) is 0 Å². The summed E-state index contributed by atoms with van der Waals surface area (Å²) in [5.41, 5.74) is 3.54. The maximum absolute atomic E-state index is 12.4. The average Bonchev–Trinajstić information content (AvgIpc) is 2.98. The molecule has 2 atom stereocenters. The van der Waals surface area contributed by atoms with Gasteiger partial charge in [-0.2, -0.15) is 0 Å². The molecule has 2 unspecified atom stereocenters. The van der Waals surface area contributed by atoms with Crippen molar-refractivity contribution in [1.82, 2.24) is 4.90 Å². The Morgan fingerprint density at radius 3 is 2.71 bits per heavy atom. The van der Waals surface area contributed by atoms with Gasteiger partial charge in [-0.1, -0.05) is 54.6 Å². The third-order valence-electron chi connectivity index (χ3n) is 4.80. The second-order valence-electron chi connectivity index (χ2n) is 6.22. The van der Waals surface area contributed by atoms with Gasteiger partial charge in [-0.3, -0.25) is 9.59 Å². The number of hydrogen-bond acceptors (Lipinski definition) is 3. The lowest BCUT2D eigenvalue weighted by Crippen LogP contribution is -2.37. The Morgan fingerprint density at radius 1 is 1.17 bits per heavy atom. The van der Waals surface area contributed by atoms with Crippen LogP contribution in [0.25, 0.3) is 6.08 Å². The summed E-state index contributed by atoms with van der Waals surface area (Å²) in [6, 6.07) is 10.1. The minimum atomic E-state index is -0.923. The van der Waals surface area contributed by atoms with E-state index in [-0.39, 0.29) is 11.8 Å². The van der Waals surface area contributed by atoms with Gasteiger partial charge in [-0.05, 0) is 29.2 Å². The number of carbonyl (C=O) groups is 2. The number of allylic oxidation sites excluding steroid dienone is 2. The van der Waals surface area contributed by atoms with Crippen LogP contribution in [0.2, 0.25) is 0 Å². The van der Waals surface area contributed by atoms with Crippen LogP contribution < -0.4 is 0 Å². The maximum atomic E-state index is 12.4. The van der Waals surface area contributed by atoms with Crippen LogP contribution in [-0.2, 0) is 9.59 Å². The number of ketones is 1. The van der Waals surface area contributed by atoms with E-state index in [0.29, 0.717) is 11.3 Å². The predicted octanol–water partition coefficient (Wildman–Crippen LogP) is 2.81. The van der Waals surface area contributed by atoms with Crippen LogP contribution in [0.5, 0.6) is 0 Å². The van der Waals surface area contributed by atoms with E-state index in [1.165, 1.54) is 17.7 Å². The van der Waals surface area contributed by atoms with Gasteiger partial charge < -0.3 is 10.0 Å². The second kappa shape index (κ2) is 5.64. The number of carboxylic acid groups (broad SMARTS) is 1. The Labute approximate surface area is 140 Å². The SMILES string of the molecule is O=C1C=CC(C(=O)O)C2=C1N1CC/C(=C/c3ccccc3)C1C=C2. The van der Waals surface area contributed by atoms with Crippen molar-refractivity contribution in [2.24, 2.45) is 5.92 Å². The molecule has 1 fully saturated rings. The Morgan fingerprint density at radius 2 is 1.96 bits per heavy atom. The van der Waals surface area contributed by atoms with Gasteiger partial charge in [0.1, 0.15) is 5.92 Å². The Balaban J connectivity index is 1.70. The molecular formula is C20H17NO3. The fourth-order valence-electron chi connectivity index (χ4n) is 3.69. The van der Waals surface area contributed by atoms with Crippen molar-refractivity contribution in [2.75, 3.05) is 6.54 Å². The lowest BCUT2D eigenvalue weighted by molar-refractivity contribution is -0.138. The van der Waals surface area contributed by atoms with E-state index in [1.807, 2.05) is 35.3 Å². The first-order valence-corrected chi connectivity index (χ1v) is 8.05. The predicted molar refractivity (Wildman–Crippen MR) is 91.0 cm³/mol. The molecule has 0 radical (unpaired) electrons. The highest BCUT2D eigenvalue weighted by Gasteiger charge is 2.39. The van der Waals surface area contributed by atoms with Gasteiger partial charge >= 0.3 is 5.97 Å². The van der Waals surface area contributed by atoms with Crippen molar-refractivity contribution < 1.29 is 14.7 Å². The number of carbonyl (C=O) groups excluding carboxylic acids is 1. The summed E-state index contributed by atoms with van der Waals surface area (Å²) in [4.78, 5) is 25.9. The van der Waals surface area contributed by atoms with Crippen molar-refractivity contribution in [3.8, 4) is 0 Å². The van der Waals surface area contributed by atoms with Crippen LogP contribution in [0.4, 0.5) is 0 Å². The minimum Gasteiger partial charge on any atom is -0.481 e. The molecule has 0 aromatic heterocycles. The van der Waals surface area contributed by atoms with Gasteiger partial charge in [0.15, 0.2) is 0 Å². The van der Waals surface area contributed by atoms with Crippen molar-refractivity contribution in [3.63, 3.8) is 0 Å². The van der Waals surface area contributed by atoms with E-state index in [2.05, 4.69) is 18.2 Å². The fraction of sp³-hybridized carbons (Fsp3) is 0.200. The number of rotatable bonds is 2. The van der Waals surface area contributed by atoms with Crippen LogP contribution in [0.3, 0.4) is 0 Å². The van der Waals surface area contributed by atoms with Crippen LogP contribution in [0.15, 0.2) is 71.5 Å². The van der Waals surface area contributed by atoms with Crippen LogP contribution in [0, 0.1) is 5.92 Å².